The zero-order valence-electron chi connectivity index (χ0n) is 20.1. The molecule has 1 N–H and O–H groups in total. The second-order valence-electron chi connectivity index (χ2n) is 8.72. The summed E-state index contributed by atoms with van der Waals surface area (Å²) in [7, 11) is 0. The van der Waals surface area contributed by atoms with Gasteiger partial charge in [0.15, 0.2) is 17.1 Å². The van der Waals surface area contributed by atoms with Crippen LogP contribution in [0.25, 0.3) is 27.9 Å². The first kappa shape index (κ1) is 25.5. The number of thioether (sulfide) groups is 1. The highest BCUT2D eigenvalue weighted by atomic mass is 35.5. The van der Waals surface area contributed by atoms with Crippen LogP contribution in [0.3, 0.4) is 0 Å². The highest BCUT2D eigenvalue weighted by Gasteiger charge is 2.18. The van der Waals surface area contributed by atoms with Crippen molar-refractivity contribution in [3.8, 4) is 17.1 Å². The van der Waals surface area contributed by atoms with E-state index in [1.807, 2.05) is 18.2 Å². The SMILES string of the molecule is CC(=C1CNCS1)c1ccc(OCCCc2c(-c3ccc(F)c(F)c3)oc3ccccc3c2=O)c(Cl)c1. The first-order valence-corrected chi connectivity index (χ1v) is 13.2. The maximum atomic E-state index is 14.0. The number of hydrogen-bond donors (Lipinski definition) is 1. The molecule has 1 fully saturated rings. The van der Waals surface area contributed by atoms with Crippen molar-refractivity contribution in [2.45, 2.75) is 19.8 Å². The molecule has 1 saturated heterocycles. The van der Waals surface area contributed by atoms with Crippen LogP contribution in [-0.2, 0) is 6.42 Å². The van der Waals surface area contributed by atoms with Crippen LogP contribution >= 0.6 is 23.4 Å². The van der Waals surface area contributed by atoms with Crippen LogP contribution in [0.2, 0.25) is 5.02 Å². The van der Waals surface area contributed by atoms with Gasteiger partial charge in [-0.1, -0.05) is 29.8 Å². The van der Waals surface area contributed by atoms with Crippen LogP contribution in [0.15, 0.2) is 74.8 Å². The van der Waals surface area contributed by atoms with Gasteiger partial charge in [0.25, 0.3) is 0 Å². The third-order valence-electron chi connectivity index (χ3n) is 6.32. The molecule has 0 spiro atoms. The van der Waals surface area contributed by atoms with Gasteiger partial charge in [-0.15, -0.1) is 11.8 Å². The molecule has 0 saturated carbocycles. The van der Waals surface area contributed by atoms with Gasteiger partial charge in [-0.2, -0.15) is 0 Å². The van der Waals surface area contributed by atoms with E-state index in [0.29, 0.717) is 52.3 Å². The number of rotatable bonds is 7. The van der Waals surface area contributed by atoms with Gasteiger partial charge in [0.1, 0.15) is 17.1 Å². The van der Waals surface area contributed by atoms with Crippen molar-refractivity contribution in [1.82, 2.24) is 5.32 Å². The van der Waals surface area contributed by atoms with Crippen LogP contribution in [0, 0.1) is 11.6 Å². The lowest BCUT2D eigenvalue weighted by Gasteiger charge is -2.13. The highest BCUT2D eigenvalue weighted by Crippen LogP contribution is 2.33. The number of halogens is 3. The first-order valence-electron chi connectivity index (χ1n) is 11.9. The molecule has 2 heterocycles. The molecule has 5 rings (SSSR count). The fourth-order valence-electron chi connectivity index (χ4n) is 4.32. The first-order chi connectivity index (χ1) is 17.9. The molecular formula is C29H24ClF2NO3S. The monoisotopic (exact) mass is 539 g/mol. The van der Waals surface area contributed by atoms with Gasteiger partial charge in [-0.25, -0.2) is 8.78 Å². The largest absolute Gasteiger partial charge is 0.492 e. The van der Waals surface area contributed by atoms with Crippen molar-refractivity contribution in [2.75, 3.05) is 19.0 Å². The van der Waals surface area contributed by atoms with E-state index < -0.39 is 11.6 Å². The number of nitrogens with one attached hydrogen (secondary N) is 1. The Hall–Kier alpha value is -3.13. The fourth-order valence-corrected chi connectivity index (χ4v) is 5.47. The van der Waals surface area contributed by atoms with Gasteiger partial charge in [0.2, 0.25) is 0 Å². The number of ether oxygens (including phenoxy) is 1. The van der Waals surface area contributed by atoms with Crippen molar-refractivity contribution in [1.29, 1.82) is 0 Å². The zero-order valence-corrected chi connectivity index (χ0v) is 21.6. The summed E-state index contributed by atoms with van der Waals surface area (Å²) in [5.41, 5.74) is 3.11. The van der Waals surface area contributed by atoms with E-state index in [4.69, 9.17) is 20.8 Å². The van der Waals surface area contributed by atoms with Crippen molar-refractivity contribution < 1.29 is 17.9 Å². The fraction of sp³-hybridized carbons (Fsp3) is 0.207. The Labute approximate surface area is 222 Å². The molecule has 37 heavy (non-hydrogen) atoms. The van der Waals surface area contributed by atoms with E-state index >= 15 is 0 Å². The summed E-state index contributed by atoms with van der Waals surface area (Å²) in [6.45, 7) is 3.26. The summed E-state index contributed by atoms with van der Waals surface area (Å²) in [5.74, 6) is -0.265. The lowest BCUT2D eigenvalue weighted by Crippen LogP contribution is -2.13. The summed E-state index contributed by atoms with van der Waals surface area (Å²) in [6.07, 6.45) is 0.815. The maximum absolute atomic E-state index is 14.0. The van der Waals surface area contributed by atoms with Crippen LogP contribution in [0.5, 0.6) is 5.75 Å². The average Bonchev–Trinajstić information content (AvgIpc) is 3.44. The molecule has 190 valence electrons. The zero-order chi connectivity index (χ0) is 25.9. The van der Waals surface area contributed by atoms with E-state index in [1.54, 1.807) is 36.0 Å². The smallest absolute Gasteiger partial charge is 0.196 e. The summed E-state index contributed by atoms with van der Waals surface area (Å²) in [6, 6.07) is 16.1. The molecule has 1 aliphatic rings. The quantitative estimate of drug-likeness (QED) is 0.247. The Morgan fingerprint density at radius 3 is 2.70 bits per heavy atom. The molecule has 4 nitrogen and oxygen atoms in total. The highest BCUT2D eigenvalue weighted by molar-refractivity contribution is 8.03. The van der Waals surface area contributed by atoms with Gasteiger partial charge >= 0.3 is 0 Å². The number of benzene rings is 3. The van der Waals surface area contributed by atoms with Crippen LogP contribution < -0.4 is 15.5 Å². The van der Waals surface area contributed by atoms with E-state index in [2.05, 4.69) is 12.2 Å². The second kappa shape index (κ2) is 11.1. The van der Waals surface area contributed by atoms with Crippen LogP contribution in [0.1, 0.15) is 24.5 Å². The molecule has 1 aliphatic heterocycles. The summed E-state index contributed by atoms with van der Waals surface area (Å²) in [5, 5.41) is 4.26. The minimum absolute atomic E-state index is 0.202. The maximum Gasteiger partial charge on any atom is 0.196 e. The molecule has 0 aliphatic carbocycles. The van der Waals surface area contributed by atoms with E-state index in [1.165, 1.54) is 16.5 Å². The molecule has 0 amide bonds. The second-order valence-corrected chi connectivity index (χ2v) is 10.2. The number of para-hydroxylation sites is 1. The Kier molecular flexibility index (Phi) is 7.65. The minimum Gasteiger partial charge on any atom is -0.492 e. The molecule has 4 aromatic rings. The summed E-state index contributed by atoms with van der Waals surface area (Å²) >= 11 is 8.29. The topological polar surface area (TPSA) is 51.5 Å². The van der Waals surface area contributed by atoms with E-state index in [9.17, 15) is 13.6 Å². The van der Waals surface area contributed by atoms with E-state index in [0.717, 1.165) is 30.1 Å². The predicted octanol–water partition coefficient (Wildman–Crippen LogP) is 7.43. The lowest BCUT2D eigenvalue weighted by molar-refractivity contribution is 0.311. The Balaban J connectivity index is 1.35. The van der Waals surface area contributed by atoms with Gasteiger partial charge in [0.05, 0.1) is 17.0 Å². The van der Waals surface area contributed by atoms with Crippen LogP contribution in [0.4, 0.5) is 8.78 Å². The molecule has 0 unspecified atom stereocenters. The minimum atomic E-state index is -1.01. The van der Waals surface area contributed by atoms with Crippen molar-refractivity contribution in [3.63, 3.8) is 0 Å². The Bertz CT molecular complexity index is 1560. The average molecular weight is 540 g/mol. The molecule has 3 aromatic carbocycles. The number of allylic oxidation sites excluding steroid dienone is 1. The van der Waals surface area contributed by atoms with Crippen LogP contribution in [-0.4, -0.2) is 19.0 Å². The number of fused-ring (bicyclic) bond motifs is 1. The Morgan fingerprint density at radius 2 is 1.95 bits per heavy atom. The Morgan fingerprint density at radius 1 is 1.11 bits per heavy atom. The van der Waals surface area contributed by atoms with Crippen molar-refractivity contribution >= 4 is 39.9 Å². The molecular weight excluding hydrogens is 516 g/mol. The standard InChI is InChI=1S/C29H24ClF2NO3S/c1-17(27-15-33-16-37-27)18-9-11-26(22(30)13-18)35-12-4-6-21-28(34)20-5-2-3-7-25(20)36-29(21)19-8-10-23(31)24(32)14-19/h2-3,5,7-11,13-14,33H,4,6,12,15-16H2,1H3. The van der Waals surface area contributed by atoms with Gasteiger partial charge in [-0.3, -0.25) is 4.79 Å². The lowest BCUT2D eigenvalue weighted by atomic mass is 10.0. The molecule has 8 heteroatoms. The van der Waals surface area contributed by atoms with Crippen molar-refractivity contribution in [3.05, 3.63) is 104 Å². The van der Waals surface area contributed by atoms with Gasteiger partial charge < -0.3 is 14.5 Å². The normalized spacial score (nSPS) is 14.8. The molecule has 1 aromatic heterocycles. The third kappa shape index (κ3) is 5.44. The summed E-state index contributed by atoms with van der Waals surface area (Å²) in [4.78, 5) is 14.6. The van der Waals surface area contributed by atoms with Gasteiger partial charge in [0, 0.05) is 28.5 Å². The molecule has 0 radical (unpaired) electrons. The summed E-state index contributed by atoms with van der Waals surface area (Å²) < 4.78 is 39.4. The molecule has 0 atom stereocenters. The third-order valence-corrected chi connectivity index (χ3v) is 7.76. The number of hydrogen-bond acceptors (Lipinski definition) is 5. The predicted molar refractivity (Wildman–Crippen MR) is 146 cm³/mol. The van der Waals surface area contributed by atoms with E-state index in [-0.39, 0.29) is 11.2 Å². The molecule has 0 bridgehead atoms. The van der Waals surface area contributed by atoms with Gasteiger partial charge in [-0.05, 0) is 73.4 Å². The van der Waals surface area contributed by atoms with Crippen molar-refractivity contribution in [2.24, 2.45) is 0 Å².